The van der Waals surface area contributed by atoms with Crippen molar-refractivity contribution in [3.05, 3.63) is 54.2 Å². The summed E-state index contributed by atoms with van der Waals surface area (Å²) in [4.78, 5) is 23.7. The Bertz CT molecular complexity index is 828. The molecule has 0 unspecified atom stereocenters. The molecule has 0 saturated carbocycles. The quantitative estimate of drug-likeness (QED) is 0.513. The van der Waals surface area contributed by atoms with Crippen LogP contribution in [0.3, 0.4) is 0 Å². The van der Waals surface area contributed by atoms with Gasteiger partial charge in [-0.2, -0.15) is 0 Å². The minimum absolute atomic E-state index is 0.196. The van der Waals surface area contributed by atoms with E-state index in [-0.39, 0.29) is 18.2 Å². The fourth-order valence-corrected chi connectivity index (χ4v) is 2.16. The number of benzene rings is 1. The molecule has 0 N–H and O–H groups in total. The summed E-state index contributed by atoms with van der Waals surface area (Å²) in [7, 11) is 0. The van der Waals surface area contributed by atoms with Crippen LogP contribution in [0.4, 0.5) is 0 Å². The Morgan fingerprint density at radius 3 is 2.78 bits per heavy atom. The van der Waals surface area contributed by atoms with Gasteiger partial charge >= 0.3 is 5.97 Å². The van der Waals surface area contributed by atoms with E-state index in [2.05, 4.69) is 0 Å². The van der Waals surface area contributed by atoms with Crippen LogP contribution < -0.4 is 4.74 Å². The highest BCUT2D eigenvalue weighted by Gasteiger charge is 2.18. The molecule has 0 amide bonds. The smallest absolute Gasteiger partial charge is 0.344 e. The van der Waals surface area contributed by atoms with Crippen LogP contribution in [0, 0.1) is 0 Å². The Labute approximate surface area is 131 Å². The number of hydrogen-bond acceptors (Lipinski definition) is 6. The number of rotatable bonds is 6. The van der Waals surface area contributed by atoms with Gasteiger partial charge in [0, 0.05) is 5.39 Å². The van der Waals surface area contributed by atoms with Gasteiger partial charge in [0.15, 0.2) is 12.4 Å². The number of fused-ring (bicyclic) bond motifs is 1. The van der Waals surface area contributed by atoms with Crippen LogP contribution >= 0.6 is 0 Å². The lowest BCUT2D eigenvalue weighted by Crippen LogP contribution is -2.14. The van der Waals surface area contributed by atoms with E-state index >= 15 is 0 Å². The molecular formula is C17H14O6. The minimum Gasteiger partial charge on any atom is -0.482 e. The fourth-order valence-electron chi connectivity index (χ4n) is 2.16. The zero-order valence-corrected chi connectivity index (χ0v) is 12.4. The van der Waals surface area contributed by atoms with Crippen molar-refractivity contribution < 1.29 is 27.9 Å². The summed E-state index contributed by atoms with van der Waals surface area (Å²) in [6, 6.07) is 8.21. The van der Waals surface area contributed by atoms with Gasteiger partial charge in [0.25, 0.3) is 0 Å². The number of furan rings is 2. The molecule has 0 spiro atoms. The predicted octanol–water partition coefficient (Wildman–Crippen LogP) is 3.20. The molecule has 0 atom stereocenters. The molecule has 23 heavy (non-hydrogen) atoms. The zero-order chi connectivity index (χ0) is 16.2. The van der Waals surface area contributed by atoms with Gasteiger partial charge in [-0.3, -0.25) is 4.79 Å². The van der Waals surface area contributed by atoms with Gasteiger partial charge < -0.3 is 18.3 Å². The lowest BCUT2D eigenvalue weighted by Gasteiger charge is -2.05. The number of esters is 1. The van der Waals surface area contributed by atoms with Gasteiger partial charge in [-0.15, -0.1) is 0 Å². The molecule has 2 aromatic heterocycles. The van der Waals surface area contributed by atoms with E-state index in [4.69, 9.17) is 18.3 Å². The third-order valence-corrected chi connectivity index (χ3v) is 3.20. The molecule has 1 aromatic carbocycles. The van der Waals surface area contributed by atoms with E-state index in [1.54, 1.807) is 37.3 Å². The van der Waals surface area contributed by atoms with Crippen LogP contribution in [0.15, 0.2) is 51.7 Å². The topological polar surface area (TPSA) is 78.9 Å². The highest BCUT2D eigenvalue weighted by Crippen LogP contribution is 2.27. The Morgan fingerprint density at radius 2 is 2.04 bits per heavy atom. The number of carbonyl (C=O) groups excluding carboxylic acids is 2. The maximum absolute atomic E-state index is 12.4. The maximum Gasteiger partial charge on any atom is 0.344 e. The van der Waals surface area contributed by atoms with Crippen LogP contribution in [0.2, 0.25) is 0 Å². The van der Waals surface area contributed by atoms with Gasteiger partial charge in [0.05, 0.1) is 18.4 Å². The summed E-state index contributed by atoms with van der Waals surface area (Å²) >= 11 is 0. The normalized spacial score (nSPS) is 10.7. The van der Waals surface area contributed by atoms with Crippen molar-refractivity contribution in [2.45, 2.75) is 6.92 Å². The second kappa shape index (κ2) is 6.39. The summed E-state index contributed by atoms with van der Waals surface area (Å²) in [6.07, 6.45) is 2.81. The Balaban J connectivity index is 1.85. The zero-order valence-electron chi connectivity index (χ0n) is 12.4. The summed E-state index contributed by atoms with van der Waals surface area (Å²) in [5.41, 5.74) is 0.917. The van der Waals surface area contributed by atoms with Gasteiger partial charge in [0.1, 0.15) is 17.6 Å². The predicted molar refractivity (Wildman–Crippen MR) is 80.5 cm³/mol. The SMILES string of the molecule is CCOC(=O)COc1ccc2occ(C(=O)c3ccco3)c2c1. The van der Waals surface area contributed by atoms with E-state index in [1.165, 1.54) is 12.5 Å². The first-order chi connectivity index (χ1) is 11.2. The van der Waals surface area contributed by atoms with Gasteiger partial charge in [-0.1, -0.05) is 0 Å². The first-order valence-electron chi connectivity index (χ1n) is 7.07. The molecule has 3 aromatic rings. The molecule has 6 heteroatoms. The van der Waals surface area contributed by atoms with E-state index in [0.717, 1.165) is 0 Å². The van der Waals surface area contributed by atoms with Crippen molar-refractivity contribution in [3.63, 3.8) is 0 Å². The first-order valence-corrected chi connectivity index (χ1v) is 7.07. The van der Waals surface area contributed by atoms with Crippen molar-refractivity contribution in [3.8, 4) is 5.75 Å². The summed E-state index contributed by atoms with van der Waals surface area (Å²) in [6.45, 7) is 1.82. The van der Waals surface area contributed by atoms with E-state index in [9.17, 15) is 9.59 Å². The molecule has 0 aliphatic carbocycles. The van der Waals surface area contributed by atoms with Crippen LogP contribution in [-0.4, -0.2) is 25.0 Å². The second-order valence-electron chi connectivity index (χ2n) is 4.71. The molecule has 0 aliphatic heterocycles. The van der Waals surface area contributed by atoms with Gasteiger partial charge in [-0.25, -0.2) is 4.79 Å². The Kier molecular flexibility index (Phi) is 4.14. The molecular weight excluding hydrogens is 300 g/mol. The van der Waals surface area contributed by atoms with Gasteiger partial charge in [0.2, 0.25) is 5.78 Å². The highest BCUT2D eigenvalue weighted by molar-refractivity contribution is 6.14. The molecule has 0 fully saturated rings. The number of ketones is 1. The summed E-state index contributed by atoms with van der Waals surface area (Å²) in [5, 5.41) is 0.591. The van der Waals surface area contributed by atoms with Crippen molar-refractivity contribution in [2.75, 3.05) is 13.2 Å². The standard InChI is InChI=1S/C17H14O6/c1-2-20-16(18)10-22-11-5-6-14-12(8-11)13(9-23-14)17(19)15-4-3-7-21-15/h3-9H,2,10H2,1H3. The van der Waals surface area contributed by atoms with Crippen LogP contribution in [0.5, 0.6) is 5.75 Å². The van der Waals surface area contributed by atoms with Crippen LogP contribution in [-0.2, 0) is 9.53 Å². The number of carbonyl (C=O) groups is 2. The fraction of sp³-hybridized carbons (Fsp3) is 0.176. The van der Waals surface area contributed by atoms with Crippen molar-refractivity contribution in [1.29, 1.82) is 0 Å². The first kappa shape index (κ1) is 14.9. The third kappa shape index (κ3) is 3.11. The lowest BCUT2D eigenvalue weighted by molar-refractivity contribution is -0.145. The van der Waals surface area contributed by atoms with Crippen molar-refractivity contribution >= 4 is 22.7 Å². The monoisotopic (exact) mass is 314 g/mol. The third-order valence-electron chi connectivity index (χ3n) is 3.20. The van der Waals surface area contributed by atoms with E-state index < -0.39 is 5.97 Å². The number of hydrogen-bond donors (Lipinski definition) is 0. The minimum atomic E-state index is -0.452. The molecule has 2 heterocycles. The average Bonchev–Trinajstić information content (AvgIpc) is 3.22. The van der Waals surface area contributed by atoms with Gasteiger partial charge in [-0.05, 0) is 37.3 Å². The van der Waals surface area contributed by atoms with Crippen LogP contribution in [0.1, 0.15) is 23.0 Å². The molecule has 0 saturated heterocycles. The molecule has 118 valence electrons. The molecule has 0 radical (unpaired) electrons. The maximum atomic E-state index is 12.4. The molecule has 6 nitrogen and oxygen atoms in total. The Hall–Kier alpha value is -3.02. The van der Waals surface area contributed by atoms with Crippen molar-refractivity contribution in [1.82, 2.24) is 0 Å². The molecule has 3 rings (SSSR count). The molecule has 0 aliphatic rings. The van der Waals surface area contributed by atoms with Crippen LogP contribution in [0.25, 0.3) is 11.0 Å². The average molecular weight is 314 g/mol. The second-order valence-corrected chi connectivity index (χ2v) is 4.71. The van der Waals surface area contributed by atoms with E-state index in [1.807, 2.05) is 0 Å². The lowest BCUT2D eigenvalue weighted by atomic mass is 10.1. The van der Waals surface area contributed by atoms with E-state index in [0.29, 0.717) is 28.9 Å². The molecule has 0 bridgehead atoms. The number of ether oxygens (including phenoxy) is 2. The summed E-state index contributed by atoms with van der Waals surface area (Å²) in [5.74, 6) is -0.0611. The van der Waals surface area contributed by atoms with Crippen molar-refractivity contribution in [2.24, 2.45) is 0 Å². The largest absolute Gasteiger partial charge is 0.482 e. The summed E-state index contributed by atoms with van der Waals surface area (Å²) < 4.78 is 20.7. The Morgan fingerprint density at radius 1 is 1.17 bits per heavy atom. The highest BCUT2D eigenvalue weighted by atomic mass is 16.6.